The van der Waals surface area contributed by atoms with Crippen LogP contribution in [0.3, 0.4) is 0 Å². The van der Waals surface area contributed by atoms with Crippen molar-refractivity contribution < 1.29 is 4.42 Å². The van der Waals surface area contributed by atoms with Crippen molar-refractivity contribution in [1.29, 1.82) is 0 Å². The minimum absolute atomic E-state index is 0.622. The van der Waals surface area contributed by atoms with Crippen LogP contribution < -0.4 is 0 Å². The molecule has 0 radical (unpaired) electrons. The Labute approximate surface area is 105 Å². The van der Waals surface area contributed by atoms with Gasteiger partial charge in [-0.1, -0.05) is 30.3 Å². The van der Waals surface area contributed by atoms with E-state index < -0.39 is 0 Å². The minimum atomic E-state index is 0.622. The number of rotatable bonds is 2. The zero-order valence-electron chi connectivity index (χ0n) is 10.00. The average molecular weight is 236 g/mol. The molecular weight excluding hydrogens is 224 g/mol. The van der Waals surface area contributed by atoms with Gasteiger partial charge in [-0.05, 0) is 25.1 Å². The first-order valence-corrected chi connectivity index (χ1v) is 5.78. The van der Waals surface area contributed by atoms with Crippen molar-refractivity contribution in [2.24, 2.45) is 0 Å². The second-order valence-electron chi connectivity index (χ2n) is 4.05. The van der Waals surface area contributed by atoms with Gasteiger partial charge in [-0.15, -0.1) is 0 Å². The van der Waals surface area contributed by atoms with Gasteiger partial charge in [-0.2, -0.15) is 0 Å². The summed E-state index contributed by atoms with van der Waals surface area (Å²) in [6, 6.07) is 15.7. The van der Waals surface area contributed by atoms with Gasteiger partial charge in [0.25, 0.3) is 0 Å². The summed E-state index contributed by atoms with van der Waals surface area (Å²) in [5, 5.41) is 0. The topological polar surface area (TPSA) is 38.9 Å². The van der Waals surface area contributed by atoms with Gasteiger partial charge in [0.1, 0.15) is 5.76 Å². The van der Waals surface area contributed by atoms with Crippen molar-refractivity contribution >= 4 is 0 Å². The fourth-order valence-electron chi connectivity index (χ4n) is 1.78. The molecule has 0 aliphatic rings. The lowest BCUT2D eigenvalue weighted by molar-refractivity contribution is 0.591. The molecule has 0 spiro atoms. The molecule has 1 aromatic carbocycles. The molecule has 0 saturated heterocycles. The van der Waals surface area contributed by atoms with Gasteiger partial charge in [0, 0.05) is 17.5 Å². The van der Waals surface area contributed by atoms with Crippen LogP contribution >= 0.6 is 0 Å². The molecule has 2 aromatic heterocycles. The third-order valence-corrected chi connectivity index (χ3v) is 2.68. The van der Waals surface area contributed by atoms with Gasteiger partial charge >= 0.3 is 0 Å². The number of aromatic nitrogens is 2. The maximum atomic E-state index is 5.79. The molecule has 0 aliphatic heterocycles. The van der Waals surface area contributed by atoms with Crippen molar-refractivity contribution in [3.05, 3.63) is 60.4 Å². The van der Waals surface area contributed by atoms with Gasteiger partial charge in [0.15, 0.2) is 11.6 Å². The summed E-state index contributed by atoms with van der Waals surface area (Å²) in [5.74, 6) is 2.14. The third kappa shape index (κ3) is 2.02. The van der Waals surface area contributed by atoms with Crippen molar-refractivity contribution in [1.82, 2.24) is 9.97 Å². The van der Waals surface area contributed by atoms with Crippen molar-refractivity contribution in [3.8, 4) is 22.9 Å². The van der Waals surface area contributed by atoms with Crippen LogP contribution in [0.1, 0.15) is 5.69 Å². The van der Waals surface area contributed by atoms with Crippen LogP contribution in [0.5, 0.6) is 0 Å². The van der Waals surface area contributed by atoms with E-state index >= 15 is 0 Å². The molecule has 3 aromatic rings. The Morgan fingerprint density at radius 2 is 1.67 bits per heavy atom. The summed E-state index contributed by atoms with van der Waals surface area (Å²) in [6.07, 6.45) is 1.74. The van der Waals surface area contributed by atoms with E-state index in [0.717, 1.165) is 17.0 Å². The second-order valence-corrected chi connectivity index (χ2v) is 4.05. The van der Waals surface area contributed by atoms with Crippen LogP contribution in [0, 0.1) is 6.92 Å². The van der Waals surface area contributed by atoms with Crippen molar-refractivity contribution in [2.75, 3.05) is 0 Å². The normalized spacial score (nSPS) is 10.5. The summed E-state index contributed by atoms with van der Waals surface area (Å²) in [7, 11) is 0. The summed E-state index contributed by atoms with van der Waals surface area (Å²) >= 11 is 0. The highest BCUT2D eigenvalue weighted by atomic mass is 16.3. The molecular formula is C15H12N2O. The highest BCUT2D eigenvalue weighted by Gasteiger charge is 2.08. The smallest absolute Gasteiger partial charge is 0.195 e. The first-order chi connectivity index (χ1) is 8.83. The molecule has 0 saturated carbocycles. The molecule has 0 atom stereocenters. The number of nitrogens with zero attached hydrogens (tertiary/aromatic N) is 2. The van der Waals surface area contributed by atoms with E-state index in [1.807, 2.05) is 55.5 Å². The Morgan fingerprint density at radius 1 is 0.889 bits per heavy atom. The van der Waals surface area contributed by atoms with Crippen LogP contribution in [0.4, 0.5) is 0 Å². The first kappa shape index (κ1) is 10.7. The molecule has 0 unspecified atom stereocenters. The standard InChI is InChI=1S/C15H12N2O/c1-11-9-10-16-15(17-11)14-8-7-13(18-14)12-5-3-2-4-6-12/h2-10H,1H3. The first-order valence-electron chi connectivity index (χ1n) is 5.78. The number of benzene rings is 1. The Balaban J connectivity index is 2.00. The second kappa shape index (κ2) is 4.45. The van der Waals surface area contributed by atoms with E-state index in [4.69, 9.17) is 4.42 Å². The molecule has 0 bridgehead atoms. The lowest BCUT2D eigenvalue weighted by Crippen LogP contribution is -1.88. The average Bonchev–Trinajstić information content (AvgIpc) is 2.89. The third-order valence-electron chi connectivity index (χ3n) is 2.68. The highest BCUT2D eigenvalue weighted by Crippen LogP contribution is 2.26. The van der Waals surface area contributed by atoms with Gasteiger partial charge in [0.05, 0.1) is 0 Å². The number of hydrogen-bond donors (Lipinski definition) is 0. The Bertz CT molecular complexity index is 659. The Morgan fingerprint density at radius 3 is 2.44 bits per heavy atom. The Kier molecular flexibility index (Phi) is 2.65. The Hall–Kier alpha value is -2.42. The van der Waals surface area contributed by atoms with E-state index in [2.05, 4.69) is 9.97 Å². The van der Waals surface area contributed by atoms with E-state index in [-0.39, 0.29) is 0 Å². The van der Waals surface area contributed by atoms with Crippen LogP contribution in [0.15, 0.2) is 59.1 Å². The van der Waals surface area contributed by atoms with Crippen LogP contribution in [-0.4, -0.2) is 9.97 Å². The predicted molar refractivity (Wildman–Crippen MR) is 69.9 cm³/mol. The number of hydrogen-bond acceptors (Lipinski definition) is 3. The van der Waals surface area contributed by atoms with Gasteiger partial charge < -0.3 is 4.42 Å². The molecule has 3 rings (SSSR count). The lowest BCUT2D eigenvalue weighted by Gasteiger charge is -1.97. The summed E-state index contributed by atoms with van der Waals surface area (Å²) in [4.78, 5) is 8.56. The van der Waals surface area contributed by atoms with E-state index in [0.29, 0.717) is 11.6 Å². The maximum absolute atomic E-state index is 5.79. The highest BCUT2D eigenvalue weighted by molar-refractivity contribution is 5.61. The molecule has 88 valence electrons. The van der Waals surface area contributed by atoms with Crippen LogP contribution in [0.25, 0.3) is 22.9 Å². The summed E-state index contributed by atoms with van der Waals surface area (Å²) < 4.78 is 5.79. The van der Waals surface area contributed by atoms with E-state index in [1.165, 1.54) is 0 Å². The van der Waals surface area contributed by atoms with Crippen molar-refractivity contribution in [3.63, 3.8) is 0 Å². The van der Waals surface area contributed by atoms with Crippen molar-refractivity contribution in [2.45, 2.75) is 6.92 Å². The van der Waals surface area contributed by atoms with Crippen LogP contribution in [0.2, 0.25) is 0 Å². The number of aryl methyl sites for hydroxylation is 1. The summed E-state index contributed by atoms with van der Waals surface area (Å²) in [6.45, 7) is 1.94. The quantitative estimate of drug-likeness (QED) is 0.680. The molecule has 3 heteroatoms. The molecule has 0 fully saturated rings. The summed E-state index contributed by atoms with van der Waals surface area (Å²) in [5.41, 5.74) is 1.98. The zero-order valence-corrected chi connectivity index (χ0v) is 10.00. The van der Waals surface area contributed by atoms with Gasteiger partial charge in [-0.3, -0.25) is 0 Å². The number of furan rings is 1. The minimum Gasteiger partial charge on any atom is -0.453 e. The molecule has 2 heterocycles. The van der Waals surface area contributed by atoms with E-state index in [9.17, 15) is 0 Å². The predicted octanol–water partition coefficient (Wildman–Crippen LogP) is 3.71. The maximum Gasteiger partial charge on any atom is 0.195 e. The molecule has 0 aliphatic carbocycles. The molecule has 18 heavy (non-hydrogen) atoms. The molecule has 0 amide bonds. The van der Waals surface area contributed by atoms with Crippen LogP contribution in [-0.2, 0) is 0 Å². The largest absolute Gasteiger partial charge is 0.453 e. The lowest BCUT2D eigenvalue weighted by atomic mass is 10.2. The fourth-order valence-corrected chi connectivity index (χ4v) is 1.78. The molecule has 3 nitrogen and oxygen atoms in total. The fraction of sp³-hybridized carbons (Fsp3) is 0.0667. The zero-order chi connectivity index (χ0) is 12.4. The SMILES string of the molecule is Cc1ccnc(-c2ccc(-c3ccccc3)o2)n1. The monoisotopic (exact) mass is 236 g/mol. The van der Waals surface area contributed by atoms with Gasteiger partial charge in [0.2, 0.25) is 0 Å². The van der Waals surface area contributed by atoms with Gasteiger partial charge in [-0.25, -0.2) is 9.97 Å². The molecule has 0 N–H and O–H groups in total. The van der Waals surface area contributed by atoms with E-state index in [1.54, 1.807) is 6.20 Å².